The summed E-state index contributed by atoms with van der Waals surface area (Å²) in [5, 5.41) is 10.2. The van der Waals surface area contributed by atoms with Crippen molar-refractivity contribution < 1.29 is 28.8 Å². The quantitative estimate of drug-likeness (QED) is 0.480. The van der Waals surface area contributed by atoms with Gasteiger partial charge in [0.1, 0.15) is 12.9 Å². The van der Waals surface area contributed by atoms with Crippen LogP contribution in [0.3, 0.4) is 0 Å². The highest BCUT2D eigenvalue weighted by molar-refractivity contribution is 5.63. The summed E-state index contributed by atoms with van der Waals surface area (Å²) >= 11 is 0. The number of benzene rings is 1. The van der Waals surface area contributed by atoms with Crippen LogP contribution in [0.25, 0.3) is 0 Å². The first-order chi connectivity index (χ1) is 10.2. The first kappa shape index (κ1) is 17.7. The minimum Gasteiger partial charge on any atom is -0.381 e. The molecule has 2 atom stereocenters. The smallest absolute Gasteiger partial charge is 0.171 e. The van der Waals surface area contributed by atoms with Crippen LogP contribution in [0.2, 0.25) is 0 Å². The number of hydrogen-bond acceptors (Lipinski definition) is 6. The van der Waals surface area contributed by atoms with Gasteiger partial charge in [-0.3, -0.25) is 4.79 Å². The number of methoxy groups -OCH3 is 2. The van der Waals surface area contributed by atoms with Crippen LogP contribution in [0.5, 0.6) is 0 Å². The fraction of sp³-hybridized carbons (Fsp3) is 0.533. The van der Waals surface area contributed by atoms with Crippen LogP contribution in [0, 0.1) is 0 Å². The Morgan fingerprint density at radius 2 is 1.95 bits per heavy atom. The van der Waals surface area contributed by atoms with Gasteiger partial charge in [0.25, 0.3) is 0 Å². The summed E-state index contributed by atoms with van der Waals surface area (Å²) in [4.78, 5) is 11.1. The third-order valence-corrected chi connectivity index (χ3v) is 2.91. The minimum absolute atomic E-state index is 0.0385. The van der Waals surface area contributed by atoms with Gasteiger partial charge < -0.3 is 24.1 Å². The molecule has 0 saturated heterocycles. The number of carbonyl (C=O) groups is 1. The van der Waals surface area contributed by atoms with Crippen LogP contribution >= 0.6 is 0 Å². The molecule has 1 aromatic rings. The largest absolute Gasteiger partial charge is 0.381 e. The molecule has 0 aliphatic carbocycles. The second-order valence-electron chi connectivity index (χ2n) is 4.60. The molecular weight excluding hydrogens is 276 g/mol. The van der Waals surface area contributed by atoms with Gasteiger partial charge in [-0.15, -0.1) is 0 Å². The van der Waals surface area contributed by atoms with Crippen LogP contribution in [-0.2, 0) is 30.3 Å². The van der Waals surface area contributed by atoms with Gasteiger partial charge in [-0.25, -0.2) is 0 Å². The van der Waals surface area contributed by atoms with E-state index < -0.39 is 11.7 Å². The number of ether oxygens (including phenoxy) is 4. The number of carbonyl (C=O) groups excluding carboxylic acids is 1. The van der Waals surface area contributed by atoms with Crippen molar-refractivity contribution >= 4 is 6.29 Å². The fourth-order valence-corrected chi connectivity index (χ4v) is 1.78. The van der Waals surface area contributed by atoms with Gasteiger partial charge in [-0.05, 0) is 5.56 Å². The molecule has 1 N–H and O–H groups in total. The van der Waals surface area contributed by atoms with Gasteiger partial charge in [-0.1, -0.05) is 30.3 Å². The SMILES string of the molecule is COCO[C@@H](COCc1ccccc1)[C@@](O)(C=O)COC. The van der Waals surface area contributed by atoms with Crippen molar-refractivity contribution in [1.82, 2.24) is 0 Å². The molecule has 0 unspecified atom stereocenters. The molecule has 0 fully saturated rings. The lowest BCUT2D eigenvalue weighted by Gasteiger charge is -2.30. The van der Waals surface area contributed by atoms with E-state index in [4.69, 9.17) is 18.9 Å². The Balaban J connectivity index is 2.58. The van der Waals surface area contributed by atoms with E-state index in [1.165, 1.54) is 14.2 Å². The van der Waals surface area contributed by atoms with Crippen LogP contribution in [0.1, 0.15) is 5.56 Å². The van der Waals surface area contributed by atoms with E-state index in [1.807, 2.05) is 30.3 Å². The van der Waals surface area contributed by atoms with E-state index in [-0.39, 0.29) is 20.0 Å². The Morgan fingerprint density at radius 3 is 2.52 bits per heavy atom. The Hall–Kier alpha value is -1.31. The van der Waals surface area contributed by atoms with Gasteiger partial charge in [0.15, 0.2) is 11.9 Å². The van der Waals surface area contributed by atoms with Crippen molar-refractivity contribution in [2.75, 3.05) is 34.2 Å². The predicted octanol–water partition coefficient (Wildman–Crippen LogP) is 0.769. The zero-order valence-electron chi connectivity index (χ0n) is 12.4. The van der Waals surface area contributed by atoms with Crippen LogP contribution in [-0.4, -0.2) is 57.3 Å². The third kappa shape index (κ3) is 5.91. The molecule has 0 radical (unpaired) electrons. The summed E-state index contributed by atoms with van der Waals surface area (Å²) in [5.74, 6) is 0. The molecule has 21 heavy (non-hydrogen) atoms. The van der Waals surface area contributed by atoms with E-state index in [2.05, 4.69) is 0 Å². The van der Waals surface area contributed by atoms with Gasteiger partial charge >= 0.3 is 0 Å². The molecule has 0 aliphatic rings. The highest BCUT2D eigenvalue weighted by Gasteiger charge is 2.38. The molecular formula is C15H22O6. The molecule has 0 aromatic heterocycles. The van der Waals surface area contributed by atoms with E-state index >= 15 is 0 Å². The zero-order valence-corrected chi connectivity index (χ0v) is 12.4. The molecule has 6 nitrogen and oxygen atoms in total. The van der Waals surface area contributed by atoms with E-state index in [0.29, 0.717) is 12.9 Å². The number of hydrogen-bond donors (Lipinski definition) is 1. The maximum atomic E-state index is 11.1. The van der Waals surface area contributed by atoms with Gasteiger partial charge in [0.05, 0.1) is 19.8 Å². The highest BCUT2D eigenvalue weighted by Crippen LogP contribution is 2.14. The first-order valence-electron chi connectivity index (χ1n) is 6.56. The predicted molar refractivity (Wildman–Crippen MR) is 75.7 cm³/mol. The van der Waals surface area contributed by atoms with Gasteiger partial charge in [0.2, 0.25) is 0 Å². The lowest BCUT2D eigenvalue weighted by molar-refractivity contribution is -0.187. The molecule has 118 valence electrons. The first-order valence-corrected chi connectivity index (χ1v) is 6.56. The Labute approximate surface area is 124 Å². The maximum Gasteiger partial charge on any atom is 0.171 e. The average molecular weight is 298 g/mol. The molecule has 0 aliphatic heterocycles. The van der Waals surface area contributed by atoms with Crippen LogP contribution in [0.4, 0.5) is 0 Å². The summed E-state index contributed by atoms with van der Waals surface area (Å²) in [7, 11) is 2.85. The molecule has 1 rings (SSSR count). The van der Waals surface area contributed by atoms with Crippen molar-refractivity contribution in [3.8, 4) is 0 Å². The summed E-state index contributed by atoms with van der Waals surface area (Å²) in [6, 6.07) is 9.57. The second-order valence-corrected chi connectivity index (χ2v) is 4.60. The molecule has 0 saturated carbocycles. The molecule has 0 heterocycles. The summed E-state index contributed by atoms with van der Waals surface area (Å²) in [6.45, 7) is 0.158. The van der Waals surface area contributed by atoms with Crippen molar-refractivity contribution in [1.29, 1.82) is 0 Å². The zero-order chi connectivity index (χ0) is 15.6. The van der Waals surface area contributed by atoms with E-state index in [9.17, 15) is 9.90 Å². The maximum absolute atomic E-state index is 11.1. The normalized spacial score (nSPS) is 15.4. The van der Waals surface area contributed by atoms with E-state index in [1.54, 1.807) is 0 Å². The fourth-order valence-electron chi connectivity index (χ4n) is 1.78. The molecule has 0 bridgehead atoms. The number of rotatable bonds is 11. The lowest BCUT2D eigenvalue weighted by atomic mass is 10.00. The second kappa shape index (κ2) is 9.59. The third-order valence-electron chi connectivity index (χ3n) is 2.91. The van der Waals surface area contributed by atoms with Crippen LogP contribution < -0.4 is 0 Å². The van der Waals surface area contributed by atoms with Crippen molar-refractivity contribution in [2.24, 2.45) is 0 Å². The van der Waals surface area contributed by atoms with Crippen molar-refractivity contribution in [3.63, 3.8) is 0 Å². The summed E-state index contributed by atoms with van der Waals surface area (Å²) < 4.78 is 20.5. The molecule has 0 amide bonds. The Kier molecular flexibility index (Phi) is 8.11. The summed E-state index contributed by atoms with van der Waals surface area (Å²) in [6.07, 6.45) is -0.471. The van der Waals surface area contributed by atoms with E-state index in [0.717, 1.165) is 5.56 Å². The average Bonchev–Trinajstić information content (AvgIpc) is 2.51. The highest BCUT2D eigenvalue weighted by atomic mass is 16.7. The number of aliphatic hydroxyl groups is 1. The Morgan fingerprint density at radius 1 is 1.24 bits per heavy atom. The number of aldehydes is 1. The van der Waals surface area contributed by atoms with Crippen molar-refractivity contribution in [2.45, 2.75) is 18.3 Å². The van der Waals surface area contributed by atoms with Gasteiger partial charge in [-0.2, -0.15) is 0 Å². The Bertz CT molecular complexity index is 396. The van der Waals surface area contributed by atoms with Gasteiger partial charge in [0, 0.05) is 14.2 Å². The monoisotopic (exact) mass is 298 g/mol. The topological polar surface area (TPSA) is 74.2 Å². The van der Waals surface area contributed by atoms with Crippen molar-refractivity contribution in [3.05, 3.63) is 35.9 Å². The molecule has 6 heteroatoms. The molecule has 1 aromatic carbocycles. The minimum atomic E-state index is -1.77. The van der Waals surface area contributed by atoms with Crippen LogP contribution in [0.15, 0.2) is 30.3 Å². The standard InChI is InChI=1S/C15H22O6/c1-18-11-15(17,10-16)14(21-12-19-2)9-20-8-13-6-4-3-5-7-13/h3-7,10,14,17H,8-9,11-12H2,1-2H3/t14-,15+/m0/s1. The molecule has 0 spiro atoms. The lowest BCUT2D eigenvalue weighted by Crippen LogP contribution is -2.51. The summed E-state index contributed by atoms with van der Waals surface area (Å²) in [5.41, 5.74) is -0.784.